The molecule has 0 aliphatic rings. The minimum atomic E-state index is -1.18. The summed E-state index contributed by atoms with van der Waals surface area (Å²) in [6, 6.07) is -1.96. The van der Waals surface area contributed by atoms with Crippen molar-refractivity contribution in [2.45, 2.75) is 6.04 Å². The van der Waals surface area contributed by atoms with Gasteiger partial charge in [-0.25, -0.2) is 4.79 Å². The highest BCUT2D eigenvalue weighted by Gasteiger charge is 2.06. The molecule has 2 amide bonds. The van der Waals surface area contributed by atoms with E-state index in [1.165, 1.54) is 0 Å². The molecule has 0 rings (SSSR count). The van der Waals surface area contributed by atoms with Gasteiger partial charge in [0.2, 0.25) is 0 Å². The van der Waals surface area contributed by atoms with Gasteiger partial charge in [-0.2, -0.15) is 0 Å². The summed E-state index contributed by atoms with van der Waals surface area (Å²) in [7, 11) is 0. The minimum absolute atomic E-state index is 0.505. The molecule has 11 heavy (non-hydrogen) atoms. The largest absolute Gasteiger partial charge is 0.480 e. The first-order chi connectivity index (χ1) is 4.91. The third-order valence-electron chi connectivity index (χ3n) is 0.514. The first-order valence-corrected chi connectivity index (χ1v) is 2.56. The molecule has 0 aromatic carbocycles. The van der Waals surface area contributed by atoms with E-state index in [4.69, 9.17) is 20.7 Å². The van der Waals surface area contributed by atoms with E-state index in [-0.39, 0.29) is 0 Å². The number of carboxylic acids is 1. The molecule has 0 aromatic heterocycles. The Hall–Kier alpha value is -1.34. The van der Waals surface area contributed by atoms with Crippen molar-refractivity contribution in [1.82, 2.24) is 0 Å². The number of carboxylic acid groups (broad SMARTS) is 1. The molecule has 0 radical (unpaired) electrons. The molecular formula is C4H11N3O4. The first-order valence-electron chi connectivity index (χ1n) is 2.56. The molecule has 8 N–H and O–H groups in total. The quantitative estimate of drug-likeness (QED) is 0.304. The summed E-state index contributed by atoms with van der Waals surface area (Å²) >= 11 is 0. The monoisotopic (exact) mass is 165 g/mol. The first kappa shape index (κ1) is 12.3. The number of nitrogens with two attached hydrogens (primary N) is 3. The van der Waals surface area contributed by atoms with E-state index in [2.05, 4.69) is 11.5 Å². The van der Waals surface area contributed by atoms with Crippen molar-refractivity contribution in [3.8, 4) is 0 Å². The molecule has 0 heterocycles. The summed E-state index contributed by atoms with van der Waals surface area (Å²) in [5.74, 6) is -1.18. The fourth-order valence-electron chi connectivity index (χ4n) is 0.0781. The molecule has 0 aromatic rings. The lowest BCUT2D eigenvalue weighted by Gasteiger charge is -1.96. The lowest BCUT2D eigenvalue weighted by atomic mass is 10.3. The third-order valence-corrected chi connectivity index (χ3v) is 0.514. The predicted octanol–water partition coefficient (Wildman–Crippen LogP) is -2.59. The van der Waals surface area contributed by atoms with Crippen molar-refractivity contribution < 1.29 is 19.8 Å². The van der Waals surface area contributed by atoms with Crippen LogP contribution < -0.4 is 17.2 Å². The van der Waals surface area contributed by atoms with Crippen LogP contribution >= 0.6 is 0 Å². The number of hydrogen-bond acceptors (Lipinski definition) is 4. The highest BCUT2D eigenvalue weighted by atomic mass is 16.4. The average Bonchev–Trinajstić information content (AvgIpc) is 1.85. The number of carbonyl (C=O) groups excluding carboxylic acids is 1. The molecule has 0 spiro atoms. The summed E-state index contributed by atoms with van der Waals surface area (Å²) in [6.07, 6.45) is 0. The second-order valence-electron chi connectivity index (χ2n) is 1.53. The maximum atomic E-state index is 9.65. The van der Waals surface area contributed by atoms with Crippen LogP contribution in [0.1, 0.15) is 0 Å². The predicted molar refractivity (Wildman–Crippen MR) is 36.5 cm³/mol. The Bertz CT molecular complexity index is 133. The summed E-state index contributed by atoms with van der Waals surface area (Å²) in [4.78, 5) is 18.6. The zero-order valence-electron chi connectivity index (χ0n) is 5.73. The fraction of sp³-hybridized carbons (Fsp3) is 0.500. The van der Waals surface area contributed by atoms with Gasteiger partial charge in [0.15, 0.2) is 0 Å². The molecule has 0 bridgehead atoms. The summed E-state index contributed by atoms with van der Waals surface area (Å²) in [5.41, 5.74) is 13.3. The Morgan fingerprint density at radius 3 is 1.64 bits per heavy atom. The molecule has 0 aliphatic heterocycles. The van der Waals surface area contributed by atoms with Crippen molar-refractivity contribution in [3.63, 3.8) is 0 Å². The lowest BCUT2D eigenvalue weighted by molar-refractivity contribution is -0.139. The zero-order chi connectivity index (χ0) is 9.44. The number of amides is 2. The molecule has 0 aliphatic carbocycles. The smallest absolute Gasteiger partial charge is 0.322 e. The number of carbonyl (C=O) groups is 2. The number of aliphatic hydroxyl groups excluding tert-OH is 1. The zero-order valence-corrected chi connectivity index (χ0v) is 5.73. The van der Waals surface area contributed by atoms with Crippen molar-refractivity contribution in [2.75, 3.05) is 6.61 Å². The van der Waals surface area contributed by atoms with E-state index in [1.807, 2.05) is 0 Å². The van der Waals surface area contributed by atoms with Crippen LogP contribution in [0.3, 0.4) is 0 Å². The molecular weight excluding hydrogens is 154 g/mol. The van der Waals surface area contributed by atoms with E-state index in [9.17, 15) is 4.79 Å². The normalized spacial score (nSPS) is 10.7. The average molecular weight is 165 g/mol. The number of hydrogen-bond donors (Lipinski definition) is 5. The van der Waals surface area contributed by atoms with Gasteiger partial charge in [-0.05, 0) is 0 Å². The number of aliphatic carboxylic acids is 1. The van der Waals surface area contributed by atoms with E-state index in [1.54, 1.807) is 0 Å². The van der Waals surface area contributed by atoms with Crippen LogP contribution in [0.2, 0.25) is 0 Å². The molecule has 0 fully saturated rings. The van der Waals surface area contributed by atoms with Crippen molar-refractivity contribution in [2.24, 2.45) is 17.2 Å². The Morgan fingerprint density at radius 1 is 1.36 bits per heavy atom. The number of primary amides is 2. The van der Waals surface area contributed by atoms with E-state index < -0.39 is 24.6 Å². The van der Waals surface area contributed by atoms with E-state index in [0.29, 0.717) is 0 Å². The Kier molecular flexibility index (Phi) is 7.61. The van der Waals surface area contributed by atoms with Crippen LogP contribution in [0.5, 0.6) is 0 Å². The molecule has 7 heteroatoms. The highest BCUT2D eigenvalue weighted by molar-refractivity contribution is 5.73. The van der Waals surface area contributed by atoms with Crippen LogP contribution in [0.25, 0.3) is 0 Å². The molecule has 0 unspecified atom stereocenters. The number of rotatable bonds is 2. The highest BCUT2D eigenvalue weighted by Crippen LogP contribution is 1.71. The SMILES string of the molecule is NC(N)=O.N[C@@H](CO)C(=O)O. The topological polar surface area (TPSA) is 153 Å². The summed E-state index contributed by atoms with van der Waals surface area (Å²) in [5, 5.41) is 15.9. The van der Waals surface area contributed by atoms with Crippen LogP contribution in [-0.4, -0.2) is 34.9 Å². The summed E-state index contributed by atoms with van der Waals surface area (Å²) < 4.78 is 0. The Labute approximate surface area is 62.8 Å². The van der Waals surface area contributed by atoms with Crippen LogP contribution in [-0.2, 0) is 4.79 Å². The lowest BCUT2D eigenvalue weighted by Crippen LogP contribution is -2.33. The number of urea groups is 1. The summed E-state index contributed by atoms with van der Waals surface area (Å²) in [6.45, 7) is -0.505. The molecule has 0 saturated carbocycles. The van der Waals surface area contributed by atoms with Gasteiger partial charge >= 0.3 is 12.0 Å². The third kappa shape index (κ3) is 17.7. The van der Waals surface area contributed by atoms with Gasteiger partial charge in [0.25, 0.3) is 0 Å². The van der Waals surface area contributed by atoms with Crippen molar-refractivity contribution in [3.05, 3.63) is 0 Å². The van der Waals surface area contributed by atoms with Crippen LogP contribution in [0.4, 0.5) is 4.79 Å². The maximum Gasteiger partial charge on any atom is 0.322 e. The van der Waals surface area contributed by atoms with Crippen molar-refractivity contribution in [1.29, 1.82) is 0 Å². The van der Waals surface area contributed by atoms with Gasteiger partial charge in [0, 0.05) is 0 Å². The van der Waals surface area contributed by atoms with E-state index in [0.717, 1.165) is 0 Å². The Balaban J connectivity index is 0. The fourth-order valence-corrected chi connectivity index (χ4v) is 0.0781. The standard InChI is InChI=1S/C3H7NO3.CH4N2O/c4-2(1-5)3(6)7;2-1(3)4/h2,5H,1,4H2,(H,6,7);(H4,2,3,4)/t2-;/m0./s1. The minimum Gasteiger partial charge on any atom is -0.480 e. The number of aliphatic hydroxyl groups is 1. The molecule has 1 atom stereocenters. The second kappa shape index (κ2) is 6.78. The second-order valence-corrected chi connectivity index (χ2v) is 1.53. The van der Waals surface area contributed by atoms with Gasteiger partial charge < -0.3 is 27.4 Å². The van der Waals surface area contributed by atoms with Crippen LogP contribution in [0.15, 0.2) is 0 Å². The molecule has 66 valence electrons. The van der Waals surface area contributed by atoms with Gasteiger partial charge in [0.05, 0.1) is 6.61 Å². The van der Waals surface area contributed by atoms with Gasteiger partial charge in [-0.1, -0.05) is 0 Å². The van der Waals surface area contributed by atoms with Gasteiger partial charge in [0.1, 0.15) is 6.04 Å². The van der Waals surface area contributed by atoms with Crippen LogP contribution in [0, 0.1) is 0 Å². The van der Waals surface area contributed by atoms with Crippen molar-refractivity contribution >= 4 is 12.0 Å². The molecule has 0 saturated heterocycles. The molecule has 7 nitrogen and oxygen atoms in total. The van der Waals surface area contributed by atoms with E-state index >= 15 is 0 Å². The Morgan fingerprint density at radius 2 is 1.64 bits per heavy atom. The van der Waals surface area contributed by atoms with Gasteiger partial charge in [-0.3, -0.25) is 4.79 Å². The van der Waals surface area contributed by atoms with Gasteiger partial charge in [-0.15, -0.1) is 0 Å². The maximum absolute atomic E-state index is 9.65.